The fourth-order valence-electron chi connectivity index (χ4n) is 0.700. The van der Waals surface area contributed by atoms with Gasteiger partial charge in [0.1, 0.15) is 0 Å². The second-order valence-corrected chi connectivity index (χ2v) is 2.70. The van der Waals surface area contributed by atoms with Gasteiger partial charge in [-0.3, -0.25) is 4.79 Å². The lowest BCUT2D eigenvalue weighted by molar-refractivity contribution is -0.145. The van der Waals surface area contributed by atoms with Gasteiger partial charge in [-0.1, -0.05) is 0 Å². The van der Waals surface area contributed by atoms with Crippen molar-refractivity contribution in [2.24, 2.45) is 0 Å². The summed E-state index contributed by atoms with van der Waals surface area (Å²) in [6, 6.07) is 0. The Hall–Kier alpha value is -0.610. The molecule has 1 atom stereocenters. The summed E-state index contributed by atoms with van der Waals surface area (Å²) in [6.45, 7) is 1.98. The van der Waals surface area contributed by atoms with Crippen LogP contribution in [0, 0.1) is 0 Å². The van der Waals surface area contributed by atoms with Crippen LogP contribution in [-0.4, -0.2) is 35.5 Å². The van der Waals surface area contributed by atoms with E-state index in [-0.39, 0.29) is 19.0 Å². The predicted molar refractivity (Wildman–Crippen MR) is 43.6 cm³/mol. The maximum Gasteiger partial charge on any atom is 0.308 e. The monoisotopic (exact) mass is 176 g/mol. The molecule has 0 aromatic carbocycles. The lowest BCUT2D eigenvalue weighted by Crippen LogP contribution is -2.13. The van der Waals surface area contributed by atoms with Crippen LogP contribution in [0.4, 0.5) is 0 Å². The molecule has 0 aliphatic rings. The summed E-state index contributed by atoms with van der Waals surface area (Å²) < 4.78 is 4.74. The zero-order chi connectivity index (χ0) is 9.40. The van der Waals surface area contributed by atoms with Crippen LogP contribution < -0.4 is 0 Å². The summed E-state index contributed by atoms with van der Waals surface area (Å²) in [5.41, 5.74) is 0. The number of aliphatic hydroxyl groups excluding tert-OH is 2. The number of hydrogen-bond acceptors (Lipinski definition) is 4. The molecule has 12 heavy (non-hydrogen) atoms. The quantitative estimate of drug-likeness (QED) is 0.444. The van der Waals surface area contributed by atoms with Crippen LogP contribution in [-0.2, 0) is 9.53 Å². The highest BCUT2D eigenvalue weighted by Gasteiger charge is 2.05. The van der Waals surface area contributed by atoms with Crippen molar-refractivity contribution in [3.8, 4) is 0 Å². The Morgan fingerprint density at radius 3 is 2.67 bits per heavy atom. The van der Waals surface area contributed by atoms with Crippen LogP contribution in [0.2, 0.25) is 0 Å². The molecule has 0 spiro atoms. The third-order valence-corrected chi connectivity index (χ3v) is 1.28. The van der Waals surface area contributed by atoms with Gasteiger partial charge in [-0.05, 0) is 19.8 Å². The van der Waals surface area contributed by atoms with Crippen molar-refractivity contribution in [3.05, 3.63) is 0 Å². The van der Waals surface area contributed by atoms with Gasteiger partial charge in [0.2, 0.25) is 0 Å². The average molecular weight is 176 g/mol. The Kier molecular flexibility index (Phi) is 6.70. The van der Waals surface area contributed by atoms with Crippen molar-refractivity contribution in [1.82, 2.24) is 0 Å². The average Bonchev–Trinajstić information content (AvgIpc) is 1.97. The number of unbranched alkanes of at least 4 members (excludes halogenated alkanes) is 1. The molecule has 0 fully saturated rings. The van der Waals surface area contributed by atoms with Crippen molar-refractivity contribution in [1.29, 1.82) is 0 Å². The molecule has 72 valence electrons. The first-order chi connectivity index (χ1) is 5.66. The summed E-state index contributed by atoms with van der Waals surface area (Å²) >= 11 is 0. The van der Waals surface area contributed by atoms with E-state index in [4.69, 9.17) is 14.9 Å². The molecular formula is C8H16O4. The molecule has 0 aliphatic heterocycles. The van der Waals surface area contributed by atoms with Crippen LogP contribution in [0.15, 0.2) is 0 Å². The molecule has 0 heterocycles. The molecule has 2 N–H and O–H groups in total. The third kappa shape index (κ3) is 7.50. The Bertz CT molecular complexity index is 122. The Balaban J connectivity index is 3.20. The highest BCUT2D eigenvalue weighted by Crippen LogP contribution is 1.95. The predicted octanol–water partition coefficient (Wildman–Crippen LogP) is 0.0730. The standard InChI is InChI=1S/C8H16O4/c1-7(10)6-8(11)12-5-3-2-4-9/h7,9-10H,2-6H2,1H3/t7-/m1/s1. The Morgan fingerprint density at radius 1 is 1.50 bits per heavy atom. The lowest BCUT2D eigenvalue weighted by atomic mass is 10.3. The molecule has 0 saturated carbocycles. The lowest BCUT2D eigenvalue weighted by Gasteiger charge is -2.04. The van der Waals surface area contributed by atoms with E-state index in [1.807, 2.05) is 0 Å². The van der Waals surface area contributed by atoms with Crippen molar-refractivity contribution >= 4 is 5.97 Å². The SMILES string of the molecule is C[C@@H](O)CC(=O)OCCCCO. The maximum atomic E-state index is 10.8. The van der Waals surface area contributed by atoms with Crippen molar-refractivity contribution in [2.45, 2.75) is 32.3 Å². The highest BCUT2D eigenvalue weighted by molar-refractivity contribution is 5.69. The summed E-state index contributed by atoms with van der Waals surface area (Å²) in [6.07, 6.45) is 0.707. The van der Waals surface area contributed by atoms with Gasteiger partial charge >= 0.3 is 5.97 Å². The van der Waals surface area contributed by atoms with Crippen LogP contribution in [0.5, 0.6) is 0 Å². The van der Waals surface area contributed by atoms with E-state index in [1.54, 1.807) is 0 Å². The molecule has 0 aliphatic carbocycles. The second kappa shape index (κ2) is 7.06. The van der Waals surface area contributed by atoms with E-state index >= 15 is 0 Å². The number of rotatable bonds is 6. The first-order valence-electron chi connectivity index (χ1n) is 4.11. The van der Waals surface area contributed by atoms with Gasteiger partial charge in [-0.2, -0.15) is 0 Å². The van der Waals surface area contributed by atoms with Gasteiger partial charge in [-0.25, -0.2) is 0 Å². The van der Waals surface area contributed by atoms with Gasteiger partial charge in [-0.15, -0.1) is 0 Å². The second-order valence-electron chi connectivity index (χ2n) is 2.70. The van der Waals surface area contributed by atoms with Crippen molar-refractivity contribution in [2.75, 3.05) is 13.2 Å². The number of aliphatic hydroxyl groups is 2. The number of hydrogen-bond donors (Lipinski definition) is 2. The first-order valence-corrected chi connectivity index (χ1v) is 4.11. The van der Waals surface area contributed by atoms with Gasteiger partial charge in [0, 0.05) is 6.61 Å². The Labute approximate surface area is 72.2 Å². The molecule has 0 saturated heterocycles. The zero-order valence-corrected chi connectivity index (χ0v) is 7.32. The minimum Gasteiger partial charge on any atom is -0.466 e. The summed E-state index contributed by atoms with van der Waals surface area (Å²) in [7, 11) is 0. The number of esters is 1. The maximum absolute atomic E-state index is 10.8. The fourth-order valence-corrected chi connectivity index (χ4v) is 0.700. The van der Waals surface area contributed by atoms with Gasteiger partial charge in [0.25, 0.3) is 0 Å². The summed E-state index contributed by atoms with van der Waals surface area (Å²) in [5, 5.41) is 17.2. The molecule has 0 bridgehead atoms. The van der Waals surface area contributed by atoms with Gasteiger partial charge in [0.05, 0.1) is 19.1 Å². The summed E-state index contributed by atoms with van der Waals surface area (Å²) in [4.78, 5) is 10.8. The Morgan fingerprint density at radius 2 is 2.17 bits per heavy atom. The number of ether oxygens (including phenoxy) is 1. The van der Waals surface area contributed by atoms with E-state index in [9.17, 15) is 4.79 Å². The third-order valence-electron chi connectivity index (χ3n) is 1.28. The normalized spacial score (nSPS) is 12.6. The van der Waals surface area contributed by atoms with E-state index in [0.29, 0.717) is 19.4 Å². The molecule has 0 unspecified atom stereocenters. The summed E-state index contributed by atoms with van der Waals surface area (Å²) in [5.74, 6) is -0.386. The van der Waals surface area contributed by atoms with Gasteiger partial charge in [0.15, 0.2) is 0 Å². The molecule has 0 radical (unpaired) electrons. The zero-order valence-electron chi connectivity index (χ0n) is 7.32. The minimum atomic E-state index is -0.643. The molecule has 4 heteroatoms. The molecule has 0 aromatic heterocycles. The van der Waals surface area contributed by atoms with Crippen LogP contribution in [0.25, 0.3) is 0 Å². The van der Waals surface area contributed by atoms with E-state index in [0.717, 1.165) is 0 Å². The van der Waals surface area contributed by atoms with E-state index in [2.05, 4.69) is 0 Å². The molecule has 0 amide bonds. The largest absolute Gasteiger partial charge is 0.466 e. The molecule has 4 nitrogen and oxygen atoms in total. The van der Waals surface area contributed by atoms with E-state index in [1.165, 1.54) is 6.92 Å². The number of carbonyl (C=O) groups excluding carboxylic acids is 1. The number of carbonyl (C=O) groups is 1. The van der Waals surface area contributed by atoms with E-state index < -0.39 is 6.10 Å². The van der Waals surface area contributed by atoms with Crippen LogP contribution in [0.1, 0.15) is 26.2 Å². The van der Waals surface area contributed by atoms with Crippen molar-refractivity contribution < 1.29 is 19.7 Å². The van der Waals surface area contributed by atoms with Gasteiger partial charge < -0.3 is 14.9 Å². The van der Waals surface area contributed by atoms with Crippen LogP contribution in [0.3, 0.4) is 0 Å². The van der Waals surface area contributed by atoms with Crippen molar-refractivity contribution in [3.63, 3.8) is 0 Å². The minimum absolute atomic E-state index is 0.0408. The van der Waals surface area contributed by atoms with Crippen LogP contribution >= 0.6 is 0 Å². The molecular weight excluding hydrogens is 160 g/mol. The fraction of sp³-hybridized carbons (Fsp3) is 0.875. The highest BCUT2D eigenvalue weighted by atomic mass is 16.5. The molecule has 0 aromatic rings. The smallest absolute Gasteiger partial charge is 0.308 e. The molecule has 0 rings (SSSR count). The first kappa shape index (κ1) is 11.4. The topological polar surface area (TPSA) is 66.8 Å².